The molecule has 1 saturated heterocycles. The molecule has 0 unspecified atom stereocenters. The molecule has 0 aromatic heterocycles. The smallest absolute Gasteiger partial charge is 0.219 e. The summed E-state index contributed by atoms with van der Waals surface area (Å²) in [4.78, 5) is 10.4. The number of hydrogen-bond acceptors (Lipinski definition) is 3. The molecule has 0 radical (unpaired) electrons. The zero-order chi connectivity index (χ0) is 9.52. The van der Waals surface area contributed by atoms with Crippen molar-refractivity contribution in [1.82, 2.24) is 0 Å². The van der Waals surface area contributed by atoms with Crippen molar-refractivity contribution in [3.05, 3.63) is 0 Å². The molecule has 76 valence electrons. The molecule has 0 spiro atoms. The quantitative estimate of drug-likeness (QED) is 0.630. The summed E-state index contributed by atoms with van der Waals surface area (Å²) >= 11 is 0. The fourth-order valence-corrected chi connectivity index (χ4v) is 1.34. The molecule has 0 bridgehead atoms. The molecule has 0 saturated carbocycles. The molecule has 4 heteroatoms. The second-order valence-electron chi connectivity index (χ2n) is 3.35. The number of primary amides is 1. The molecule has 2 N–H and O–H groups in total. The first-order valence-corrected chi connectivity index (χ1v) is 4.73. The third kappa shape index (κ3) is 4.85. The highest BCUT2D eigenvalue weighted by Gasteiger charge is 2.13. The van der Waals surface area contributed by atoms with Gasteiger partial charge in [0, 0.05) is 26.2 Å². The lowest BCUT2D eigenvalue weighted by atomic mass is 10.0. The van der Waals surface area contributed by atoms with Crippen LogP contribution < -0.4 is 5.73 Å². The molecule has 1 heterocycles. The molecule has 0 aliphatic carbocycles. The van der Waals surface area contributed by atoms with Gasteiger partial charge in [-0.25, -0.2) is 0 Å². The number of rotatable bonds is 5. The second-order valence-corrected chi connectivity index (χ2v) is 3.35. The van der Waals surface area contributed by atoms with E-state index in [1.165, 1.54) is 0 Å². The van der Waals surface area contributed by atoms with E-state index in [1.54, 1.807) is 0 Å². The van der Waals surface area contributed by atoms with Crippen molar-refractivity contribution in [3.63, 3.8) is 0 Å². The van der Waals surface area contributed by atoms with Gasteiger partial charge in [-0.2, -0.15) is 0 Å². The van der Waals surface area contributed by atoms with Crippen molar-refractivity contribution in [3.8, 4) is 0 Å². The van der Waals surface area contributed by atoms with Crippen LogP contribution in [0.4, 0.5) is 0 Å². The lowest BCUT2D eigenvalue weighted by molar-refractivity contribution is -0.119. The Balaban J connectivity index is 1.95. The van der Waals surface area contributed by atoms with Gasteiger partial charge in [0.2, 0.25) is 5.91 Å². The van der Waals surface area contributed by atoms with Gasteiger partial charge in [-0.05, 0) is 18.8 Å². The summed E-state index contributed by atoms with van der Waals surface area (Å²) in [7, 11) is 0. The van der Waals surface area contributed by atoms with Crippen LogP contribution in [0, 0.1) is 5.92 Å². The van der Waals surface area contributed by atoms with Gasteiger partial charge in [-0.1, -0.05) is 0 Å². The van der Waals surface area contributed by atoms with Crippen LogP contribution >= 0.6 is 0 Å². The molecule has 1 amide bonds. The minimum Gasteiger partial charge on any atom is -0.381 e. The van der Waals surface area contributed by atoms with Crippen molar-refractivity contribution in [2.45, 2.75) is 19.3 Å². The van der Waals surface area contributed by atoms with E-state index in [1.807, 2.05) is 0 Å². The van der Waals surface area contributed by atoms with Gasteiger partial charge >= 0.3 is 0 Å². The monoisotopic (exact) mass is 187 g/mol. The van der Waals surface area contributed by atoms with Gasteiger partial charge in [0.15, 0.2) is 0 Å². The molecule has 13 heavy (non-hydrogen) atoms. The maximum absolute atomic E-state index is 10.4. The average molecular weight is 187 g/mol. The van der Waals surface area contributed by atoms with E-state index in [4.69, 9.17) is 15.2 Å². The Kier molecular flexibility index (Phi) is 4.78. The standard InChI is InChI=1S/C9H17NO3/c10-9(11)3-6-13-7-8-1-4-12-5-2-8/h8H,1-7H2,(H2,10,11). The molecule has 1 aliphatic heterocycles. The third-order valence-corrected chi connectivity index (χ3v) is 2.19. The van der Waals surface area contributed by atoms with Crippen LogP contribution in [-0.2, 0) is 14.3 Å². The lowest BCUT2D eigenvalue weighted by Crippen LogP contribution is -2.21. The van der Waals surface area contributed by atoms with Crippen LogP contribution in [0.3, 0.4) is 0 Å². The zero-order valence-corrected chi connectivity index (χ0v) is 7.83. The Labute approximate surface area is 78.4 Å². The summed E-state index contributed by atoms with van der Waals surface area (Å²) in [5, 5.41) is 0. The van der Waals surface area contributed by atoms with Crippen molar-refractivity contribution < 1.29 is 14.3 Å². The Morgan fingerprint density at radius 1 is 1.46 bits per heavy atom. The van der Waals surface area contributed by atoms with Gasteiger partial charge in [0.1, 0.15) is 0 Å². The number of nitrogens with two attached hydrogens (primary N) is 1. The lowest BCUT2D eigenvalue weighted by Gasteiger charge is -2.21. The first kappa shape index (κ1) is 10.5. The fourth-order valence-electron chi connectivity index (χ4n) is 1.34. The van der Waals surface area contributed by atoms with Crippen LogP contribution in [0.1, 0.15) is 19.3 Å². The van der Waals surface area contributed by atoms with Crippen molar-refractivity contribution >= 4 is 5.91 Å². The average Bonchev–Trinajstić information content (AvgIpc) is 2.14. The minimum absolute atomic E-state index is 0.299. The highest BCUT2D eigenvalue weighted by Crippen LogP contribution is 2.14. The maximum atomic E-state index is 10.4. The summed E-state index contributed by atoms with van der Waals surface area (Å²) in [5.41, 5.74) is 4.97. The predicted molar refractivity (Wildman–Crippen MR) is 48.2 cm³/mol. The largest absolute Gasteiger partial charge is 0.381 e. The summed E-state index contributed by atoms with van der Waals surface area (Å²) in [6.45, 7) is 2.86. The summed E-state index contributed by atoms with van der Waals surface area (Å²) in [5.74, 6) is 0.300. The highest BCUT2D eigenvalue weighted by atomic mass is 16.5. The fraction of sp³-hybridized carbons (Fsp3) is 0.889. The SMILES string of the molecule is NC(=O)CCOCC1CCOCC1. The van der Waals surface area contributed by atoms with E-state index in [9.17, 15) is 4.79 Å². The molecule has 1 fully saturated rings. The molecule has 0 aromatic rings. The molecule has 0 aromatic carbocycles. The third-order valence-electron chi connectivity index (χ3n) is 2.19. The number of hydrogen-bond donors (Lipinski definition) is 1. The van der Waals surface area contributed by atoms with E-state index >= 15 is 0 Å². The van der Waals surface area contributed by atoms with Gasteiger partial charge in [0.25, 0.3) is 0 Å². The number of carbonyl (C=O) groups excluding carboxylic acids is 1. The van der Waals surface area contributed by atoms with Gasteiger partial charge < -0.3 is 15.2 Å². The van der Waals surface area contributed by atoms with Crippen LogP contribution in [0.2, 0.25) is 0 Å². The van der Waals surface area contributed by atoms with Crippen LogP contribution in [0.15, 0.2) is 0 Å². The molecule has 4 nitrogen and oxygen atoms in total. The van der Waals surface area contributed by atoms with Crippen LogP contribution in [-0.4, -0.2) is 32.3 Å². The predicted octanol–water partition coefficient (Wildman–Crippen LogP) is 0.305. The van der Waals surface area contributed by atoms with E-state index in [0.29, 0.717) is 18.9 Å². The van der Waals surface area contributed by atoms with Crippen LogP contribution in [0.25, 0.3) is 0 Å². The van der Waals surface area contributed by atoms with E-state index < -0.39 is 0 Å². The van der Waals surface area contributed by atoms with E-state index in [0.717, 1.165) is 32.7 Å². The first-order chi connectivity index (χ1) is 6.29. The van der Waals surface area contributed by atoms with Gasteiger partial charge in [-0.15, -0.1) is 0 Å². The van der Waals surface area contributed by atoms with Crippen molar-refractivity contribution in [2.75, 3.05) is 26.4 Å². The number of amides is 1. The van der Waals surface area contributed by atoms with Gasteiger partial charge in [0.05, 0.1) is 6.61 Å². The minimum atomic E-state index is -0.299. The van der Waals surface area contributed by atoms with E-state index in [-0.39, 0.29) is 5.91 Å². The zero-order valence-electron chi connectivity index (χ0n) is 7.83. The molecule has 1 aliphatic rings. The van der Waals surface area contributed by atoms with Crippen molar-refractivity contribution in [2.24, 2.45) is 11.7 Å². The van der Waals surface area contributed by atoms with Gasteiger partial charge in [-0.3, -0.25) is 4.79 Å². The Morgan fingerprint density at radius 2 is 2.15 bits per heavy atom. The molecule has 0 atom stereocenters. The normalized spacial score (nSPS) is 18.8. The molecule has 1 rings (SSSR count). The topological polar surface area (TPSA) is 61.6 Å². The Hall–Kier alpha value is -0.610. The first-order valence-electron chi connectivity index (χ1n) is 4.73. The molecular formula is C9H17NO3. The summed E-state index contributed by atoms with van der Waals surface area (Å²) < 4.78 is 10.5. The van der Waals surface area contributed by atoms with Crippen LogP contribution in [0.5, 0.6) is 0 Å². The number of carbonyl (C=O) groups is 1. The Morgan fingerprint density at radius 3 is 2.77 bits per heavy atom. The highest BCUT2D eigenvalue weighted by molar-refractivity contribution is 5.73. The summed E-state index contributed by atoms with van der Waals surface area (Å²) in [6, 6.07) is 0. The summed E-state index contributed by atoms with van der Waals surface area (Å²) in [6.07, 6.45) is 2.45. The van der Waals surface area contributed by atoms with Crippen molar-refractivity contribution in [1.29, 1.82) is 0 Å². The Bertz CT molecular complexity index is 155. The molecular weight excluding hydrogens is 170 g/mol. The number of ether oxygens (including phenoxy) is 2. The van der Waals surface area contributed by atoms with E-state index in [2.05, 4.69) is 0 Å². The second kappa shape index (κ2) is 5.94. The maximum Gasteiger partial charge on any atom is 0.219 e.